The number of alkyl halides is 3. The van der Waals surface area contributed by atoms with Crippen LogP contribution in [0, 0.1) is 0 Å². The van der Waals surface area contributed by atoms with Gasteiger partial charge in [-0.25, -0.2) is 9.59 Å². The van der Waals surface area contributed by atoms with Crippen LogP contribution in [0.15, 0.2) is 18.2 Å². The molecule has 0 unspecified atom stereocenters. The average Bonchev–Trinajstić information content (AvgIpc) is 2.34. The van der Waals surface area contributed by atoms with Crippen molar-refractivity contribution in [3.63, 3.8) is 0 Å². The minimum Gasteiger partial charge on any atom is -0.465 e. The molecule has 0 aliphatic carbocycles. The molecule has 0 aliphatic heterocycles. The number of hydrogen-bond donors (Lipinski definition) is 0. The topological polar surface area (TPSA) is 52.6 Å². The summed E-state index contributed by atoms with van der Waals surface area (Å²) in [4.78, 5) is 22.5. The molecule has 1 rings (SSSR count). The Balaban J connectivity index is 3.55. The highest BCUT2D eigenvalue weighted by Gasteiger charge is 2.40. The van der Waals surface area contributed by atoms with Crippen LogP contribution in [-0.4, -0.2) is 26.2 Å². The van der Waals surface area contributed by atoms with Gasteiger partial charge in [0.25, 0.3) is 0 Å². The largest absolute Gasteiger partial charge is 0.465 e. The Morgan fingerprint density at radius 1 is 1.00 bits per heavy atom. The summed E-state index contributed by atoms with van der Waals surface area (Å²) in [6.45, 7) is 0. The van der Waals surface area contributed by atoms with Crippen molar-refractivity contribution < 1.29 is 32.2 Å². The Bertz CT molecular complexity index is 445. The zero-order valence-electron chi connectivity index (χ0n) is 9.50. The van der Waals surface area contributed by atoms with Crippen LogP contribution in [0.25, 0.3) is 0 Å². The van der Waals surface area contributed by atoms with E-state index in [0.717, 1.165) is 32.4 Å². The number of benzene rings is 1. The quantitative estimate of drug-likeness (QED) is 0.767. The lowest BCUT2D eigenvalue weighted by atomic mass is 10.0. The number of carbonyl (C=O) groups is 2. The lowest BCUT2D eigenvalue weighted by Gasteiger charge is -2.14. The van der Waals surface area contributed by atoms with Crippen LogP contribution in [-0.2, 0) is 15.7 Å². The number of halogens is 3. The van der Waals surface area contributed by atoms with Crippen LogP contribution in [0.1, 0.15) is 26.3 Å². The van der Waals surface area contributed by atoms with Crippen molar-refractivity contribution >= 4 is 11.9 Å². The smallest absolute Gasteiger partial charge is 0.418 e. The number of ether oxygens (including phenoxy) is 2. The minimum absolute atomic E-state index is 0.729. The summed E-state index contributed by atoms with van der Waals surface area (Å²) in [7, 11) is 1.90. The maximum atomic E-state index is 12.9. The van der Waals surface area contributed by atoms with Crippen LogP contribution in [0.2, 0.25) is 0 Å². The Morgan fingerprint density at radius 2 is 1.39 bits per heavy atom. The molecule has 0 fully saturated rings. The van der Waals surface area contributed by atoms with Gasteiger partial charge >= 0.3 is 18.1 Å². The maximum Gasteiger partial charge on any atom is 0.418 e. The van der Waals surface area contributed by atoms with E-state index < -0.39 is 34.8 Å². The fourth-order valence-electron chi connectivity index (χ4n) is 1.42. The van der Waals surface area contributed by atoms with Crippen LogP contribution in [0.3, 0.4) is 0 Å². The van der Waals surface area contributed by atoms with Gasteiger partial charge < -0.3 is 9.47 Å². The number of methoxy groups -OCH3 is 2. The number of rotatable bonds is 2. The average molecular weight is 262 g/mol. The molecule has 7 heteroatoms. The molecule has 0 heterocycles. The van der Waals surface area contributed by atoms with Gasteiger partial charge in [-0.3, -0.25) is 0 Å². The summed E-state index contributed by atoms with van der Waals surface area (Å²) in [5.74, 6) is -2.35. The summed E-state index contributed by atoms with van der Waals surface area (Å²) in [6.07, 6.45) is -4.87. The molecule has 0 N–H and O–H groups in total. The van der Waals surface area contributed by atoms with Gasteiger partial charge in [0.15, 0.2) is 0 Å². The normalized spacial score (nSPS) is 10.9. The first-order valence-electron chi connectivity index (χ1n) is 4.69. The summed E-state index contributed by atoms with van der Waals surface area (Å²) < 4.78 is 47.2. The maximum absolute atomic E-state index is 12.9. The Hall–Kier alpha value is -2.05. The number of carbonyl (C=O) groups excluding carboxylic acids is 2. The molecule has 1 aromatic rings. The van der Waals surface area contributed by atoms with Crippen molar-refractivity contribution in [3.05, 3.63) is 34.9 Å². The molecule has 0 saturated carbocycles. The number of hydrogen-bond acceptors (Lipinski definition) is 4. The molecular weight excluding hydrogens is 253 g/mol. The van der Waals surface area contributed by atoms with Crippen molar-refractivity contribution in [2.24, 2.45) is 0 Å². The SMILES string of the molecule is COC(=O)c1cccc(C(=O)OC)c1C(F)(F)F. The molecule has 0 radical (unpaired) electrons. The second kappa shape index (κ2) is 5.07. The van der Waals surface area contributed by atoms with Crippen molar-refractivity contribution in [3.8, 4) is 0 Å². The monoisotopic (exact) mass is 262 g/mol. The van der Waals surface area contributed by atoms with Crippen molar-refractivity contribution in [1.82, 2.24) is 0 Å². The highest BCUT2D eigenvalue weighted by Crippen LogP contribution is 2.35. The summed E-state index contributed by atoms with van der Waals surface area (Å²) in [5.41, 5.74) is -2.82. The Morgan fingerprint density at radius 3 is 1.67 bits per heavy atom. The Kier molecular flexibility index (Phi) is 3.95. The van der Waals surface area contributed by atoms with E-state index in [1.165, 1.54) is 0 Å². The molecule has 0 spiro atoms. The van der Waals surface area contributed by atoms with Crippen LogP contribution in [0.5, 0.6) is 0 Å². The van der Waals surface area contributed by atoms with Gasteiger partial charge in [0.1, 0.15) is 0 Å². The second-order valence-corrected chi connectivity index (χ2v) is 3.21. The van der Waals surface area contributed by atoms with Gasteiger partial charge in [-0.1, -0.05) is 6.07 Å². The predicted octanol–water partition coefficient (Wildman–Crippen LogP) is 2.28. The van der Waals surface area contributed by atoms with E-state index >= 15 is 0 Å². The molecular formula is C11H9F3O4. The zero-order valence-corrected chi connectivity index (χ0v) is 9.50. The highest BCUT2D eigenvalue weighted by molar-refractivity contribution is 5.98. The van der Waals surface area contributed by atoms with Crippen molar-refractivity contribution in [2.45, 2.75) is 6.18 Å². The van der Waals surface area contributed by atoms with E-state index in [1.54, 1.807) is 0 Å². The van der Waals surface area contributed by atoms with Gasteiger partial charge in [0.05, 0.1) is 30.9 Å². The molecule has 4 nitrogen and oxygen atoms in total. The molecule has 0 amide bonds. The van der Waals surface area contributed by atoms with Crippen molar-refractivity contribution in [1.29, 1.82) is 0 Å². The third kappa shape index (κ3) is 2.61. The first kappa shape index (κ1) is 14.0. The molecule has 0 bridgehead atoms. The summed E-state index contributed by atoms with van der Waals surface area (Å²) in [5, 5.41) is 0. The van der Waals surface area contributed by atoms with Crippen LogP contribution >= 0.6 is 0 Å². The van der Waals surface area contributed by atoms with Gasteiger partial charge in [-0.05, 0) is 12.1 Å². The molecule has 1 aromatic carbocycles. The third-order valence-corrected chi connectivity index (χ3v) is 2.16. The van der Waals surface area contributed by atoms with E-state index in [0.29, 0.717) is 0 Å². The number of esters is 2. The molecule has 18 heavy (non-hydrogen) atoms. The van der Waals surface area contributed by atoms with E-state index in [2.05, 4.69) is 9.47 Å². The summed E-state index contributed by atoms with van der Waals surface area (Å²) in [6, 6.07) is 3.01. The lowest BCUT2D eigenvalue weighted by molar-refractivity contribution is -0.138. The lowest BCUT2D eigenvalue weighted by Crippen LogP contribution is -2.19. The fraction of sp³-hybridized carbons (Fsp3) is 0.273. The second-order valence-electron chi connectivity index (χ2n) is 3.21. The minimum atomic E-state index is -4.87. The van der Waals surface area contributed by atoms with Gasteiger partial charge in [-0.2, -0.15) is 13.2 Å². The first-order chi connectivity index (χ1) is 8.32. The molecule has 98 valence electrons. The molecule has 0 aromatic heterocycles. The van der Waals surface area contributed by atoms with Crippen LogP contribution < -0.4 is 0 Å². The van der Waals surface area contributed by atoms with Crippen molar-refractivity contribution in [2.75, 3.05) is 14.2 Å². The fourth-order valence-corrected chi connectivity index (χ4v) is 1.42. The third-order valence-electron chi connectivity index (χ3n) is 2.16. The van der Waals surface area contributed by atoms with Gasteiger partial charge in [0.2, 0.25) is 0 Å². The van der Waals surface area contributed by atoms with E-state index in [1.807, 2.05) is 0 Å². The molecule has 0 atom stereocenters. The highest BCUT2D eigenvalue weighted by atomic mass is 19.4. The first-order valence-corrected chi connectivity index (χ1v) is 4.69. The predicted molar refractivity (Wildman–Crippen MR) is 54.1 cm³/mol. The van der Waals surface area contributed by atoms with Gasteiger partial charge in [-0.15, -0.1) is 0 Å². The van der Waals surface area contributed by atoms with Crippen LogP contribution in [0.4, 0.5) is 13.2 Å². The van der Waals surface area contributed by atoms with Gasteiger partial charge in [0, 0.05) is 0 Å². The Labute approximate surface area is 100 Å². The van der Waals surface area contributed by atoms with E-state index in [4.69, 9.17) is 0 Å². The molecule has 0 saturated heterocycles. The summed E-state index contributed by atoms with van der Waals surface area (Å²) >= 11 is 0. The van der Waals surface area contributed by atoms with E-state index in [9.17, 15) is 22.8 Å². The molecule has 0 aliphatic rings. The zero-order chi connectivity index (χ0) is 13.9. The standard InChI is InChI=1S/C11H9F3O4/c1-17-9(15)6-4-3-5-7(10(16)18-2)8(6)11(12,13)14/h3-5H,1-2H3. The van der Waals surface area contributed by atoms with E-state index in [-0.39, 0.29) is 0 Å².